The van der Waals surface area contributed by atoms with Crippen molar-refractivity contribution in [2.24, 2.45) is 0 Å². The van der Waals surface area contributed by atoms with Gasteiger partial charge in [0.1, 0.15) is 17.3 Å². The lowest BCUT2D eigenvalue weighted by Gasteiger charge is -2.11. The van der Waals surface area contributed by atoms with Crippen molar-refractivity contribution < 1.29 is 13.5 Å². The highest BCUT2D eigenvalue weighted by Gasteiger charge is 2.33. The third-order valence-electron chi connectivity index (χ3n) is 5.94. The number of methoxy groups -OCH3 is 1. The van der Waals surface area contributed by atoms with Gasteiger partial charge in [0.05, 0.1) is 19.9 Å². The maximum atomic E-state index is 14.8. The molecule has 0 spiro atoms. The maximum Gasteiger partial charge on any atom is 0.182 e. The van der Waals surface area contributed by atoms with E-state index in [9.17, 15) is 8.78 Å². The first-order valence-corrected chi connectivity index (χ1v) is 10.2. The van der Waals surface area contributed by atoms with Gasteiger partial charge < -0.3 is 10.5 Å². The van der Waals surface area contributed by atoms with Crippen LogP contribution in [-0.4, -0.2) is 26.9 Å². The predicted octanol–water partition coefficient (Wildman–Crippen LogP) is 4.32. The summed E-state index contributed by atoms with van der Waals surface area (Å²) in [4.78, 5) is 8.62. The van der Waals surface area contributed by atoms with E-state index < -0.39 is 11.6 Å². The first-order valence-electron chi connectivity index (χ1n) is 10.2. The van der Waals surface area contributed by atoms with Crippen molar-refractivity contribution in [3.8, 4) is 17.3 Å². The van der Waals surface area contributed by atoms with Crippen molar-refractivity contribution in [1.29, 1.82) is 0 Å². The van der Waals surface area contributed by atoms with Crippen LogP contribution in [0.15, 0.2) is 18.3 Å². The fraction of sp³-hybridized carbons (Fsp3) is 0.409. The van der Waals surface area contributed by atoms with Gasteiger partial charge in [-0.1, -0.05) is 0 Å². The molecular weight excluding hydrogens is 388 g/mol. The van der Waals surface area contributed by atoms with E-state index in [4.69, 9.17) is 10.5 Å². The summed E-state index contributed by atoms with van der Waals surface area (Å²) in [7, 11) is 1.50. The zero-order valence-electron chi connectivity index (χ0n) is 17.0. The molecule has 3 aromatic rings. The van der Waals surface area contributed by atoms with Crippen LogP contribution in [0.5, 0.6) is 5.75 Å². The summed E-state index contributed by atoms with van der Waals surface area (Å²) in [5.41, 5.74) is 9.18. The summed E-state index contributed by atoms with van der Waals surface area (Å²) in [6.45, 7) is 1.97. The van der Waals surface area contributed by atoms with Gasteiger partial charge in [0.25, 0.3) is 0 Å². The van der Waals surface area contributed by atoms with Gasteiger partial charge in [-0.3, -0.25) is 4.68 Å². The zero-order valence-corrected chi connectivity index (χ0v) is 17.0. The SMILES string of the molecule is COc1cnc(-c2nn(Cc3c(F)cc(C4CC4)cc3F)c(C3CC3)c2C)nc1N. The van der Waals surface area contributed by atoms with Crippen LogP contribution in [0.4, 0.5) is 14.6 Å². The molecule has 2 aliphatic carbocycles. The quantitative estimate of drug-likeness (QED) is 0.654. The van der Waals surface area contributed by atoms with Crippen LogP contribution in [-0.2, 0) is 6.54 Å². The molecule has 2 aliphatic rings. The molecule has 2 N–H and O–H groups in total. The van der Waals surface area contributed by atoms with Crippen LogP contribution < -0.4 is 10.5 Å². The van der Waals surface area contributed by atoms with E-state index in [2.05, 4.69) is 15.1 Å². The molecule has 0 saturated heterocycles. The average molecular weight is 411 g/mol. The summed E-state index contributed by atoms with van der Waals surface area (Å²) in [5, 5.41) is 4.65. The number of rotatable bonds is 6. The van der Waals surface area contributed by atoms with Gasteiger partial charge in [-0.15, -0.1) is 0 Å². The molecule has 2 aromatic heterocycles. The molecule has 6 nitrogen and oxygen atoms in total. The third kappa shape index (κ3) is 3.30. The second kappa shape index (κ2) is 7.04. The summed E-state index contributed by atoms with van der Waals surface area (Å²) >= 11 is 0. The Kier molecular flexibility index (Phi) is 4.45. The third-order valence-corrected chi connectivity index (χ3v) is 5.94. The lowest BCUT2D eigenvalue weighted by atomic mass is 10.1. The molecule has 8 heteroatoms. The molecule has 0 bridgehead atoms. The highest BCUT2D eigenvalue weighted by atomic mass is 19.1. The van der Waals surface area contributed by atoms with E-state index in [1.54, 1.807) is 4.68 Å². The molecule has 156 valence electrons. The second-order valence-corrected chi connectivity index (χ2v) is 8.18. The van der Waals surface area contributed by atoms with E-state index >= 15 is 0 Å². The topological polar surface area (TPSA) is 78.9 Å². The smallest absolute Gasteiger partial charge is 0.182 e. The molecule has 2 heterocycles. The Labute approximate surface area is 173 Å². The molecule has 0 radical (unpaired) electrons. The summed E-state index contributed by atoms with van der Waals surface area (Å²) in [6, 6.07) is 2.94. The molecule has 0 atom stereocenters. The predicted molar refractivity (Wildman–Crippen MR) is 108 cm³/mol. The number of halogens is 2. The van der Waals surface area contributed by atoms with E-state index in [1.165, 1.54) is 25.4 Å². The van der Waals surface area contributed by atoms with Crippen molar-refractivity contribution in [2.75, 3.05) is 12.8 Å². The van der Waals surface area contributed by atoms with Crippen LogP contribution >= 0.6 is 0 Å². The molecule has 0 unspecified atom stereocenters. The Hall–Kier alpha value is -3.03. The Morgan fingerprint density at radius 2 is 1.80 bits per heavy atom. The number of aromatic nitrogens is 4. The largest absolute Gasteiger partial charge is 0.491 e. The summed E-state index contributed by atoms with van der Waals surface area (Å²) in [5.74, 6) is 0.573. The minimum Gasteiger partial charge on any atom is -0.491 e. The number of benzene rings is 1. The van der Waals surface area contributed by atoms with Gasteiger partial charge >= 0.3 is 0 Å². The number of nitrogens with zero attached hydrogens (tertiary/aromatic N) is 4. The zero-order chi connectivity index (χ0) is 21.0. The lowest BCUT2D eigenvalue weighted by Crippen LogP contribution is -2.10. The first kappa shape index (κ1) is 19.0. The van der Waals surface area contributed by atoms with Crippen LogP contribution in [0.1, 0.15) is 59.9 Å². The standard InChI is InChI=1S/C22H23F2N5O/c1-11-19(22-26-9-18(30-2)21(25)27-22)28-29(20(11)13-5-6-13)10-15-16(23)7-14(8-17(15)24)12-3-4-12/h7-9,12-13H,3-6,10H2,1-2H3,(H2,25,26,27). The van der Waals surface area contributed by atoms with E-state index in [0.29, 0.717) is 29.1 Å². The monoisotopic (exact) mass is 411 g/mol. The van der Waals surface area contributed by atoms with Crippen molar-refractivity contribution in [3.63, 3.8) is 0 Å². The minimum atomic E-state index is -0.515. The number of hydrogen-bond donors (Lipinski definition) is 1. The van der Waals surface area contributed by atoms with Crippen LogP contribution in [0.3, 0.4) is 0 Å². The molecule has 30 heavy (non-hydrogen) atoms. The highest BCUT2D eigenvalue weighted by Crippen LogP contribution is 2.44. The molecule has 0 aliphatic heterocycles. The van der Waals surface area contributed by atoms with Gasteiger partial charge in [0.2, 0.25) is 0 Å². The second-order valence-electron chi connectivity index (χ2n) is 8.18. The average Bonchev–Trinajstić information content (AvgIpc) is 3.62. The number of nitrogen functional groups attached to an aromatic ring is 1. The molecule has 0 amide bonds. The van der Waals surface area contributed by atoms with Gasteiger partial charge in [0, 0.05) is 22.7 Å². The minimum absolute atomic E-state index is 0.0287. The Bertz CT molecular complexity index is 1110. The highest BCUT2D eigenvalue weighted by molar-refractivity contribution is 5.60. The molecule has 1 aromatic carbocycles. The van der Waals surface area contributed by atoms with Gasteiger partial charge in [-0.05, 0) is 56.2 Å². The number of nitrogens with two attached hydrogens (primary N) is 1. The van der Waals surface area contributed by atoms with Crippen LogP contribution in [0, 0.1) is 18.6 Å². The van der Waals surface area contributed by atoms with Crippen molar-refractivity contribution >= 4 is 5.82 Å². The molecule has 2 saturated carbocycles. The number of ether oxygens (including phenoxy) is 1. The van der Waals surface area contributed by atoms with Gasteiger partial charge in [0.15, 0.2) is 17.4 Å². The maximum absolute atomic E-state index is 14.8. The number of hydrogen-bond acceptors (Lipinski definition) is 5. The number of anilines is 1. The van der Waals surface area contributed by atoms with E-state index in [1.807, 2.05) is 6.92 Å². The fourth-order valence-electron chi connectivity index (χ4n) is 4.00. The summed E-state index contributed by atoms with van der Waals surface area (Å²) in [6.07, 6.45) is 5.56. The molecular formula is C22H23F2N5O. The van der Waals surface area contributed by atoms with Crippen molar-refractivity contribution in [1.82, 2.24) is 19.7 Å². The van der Waals surface area contributed by atoms with E-state index in [0.717, 1.165) is 42.5 Å². The Morgan fingerprint density at radius 3 is 2.37 bits per heavy atom. The lowest BCUT2D eigenvalue weighted by molar-refractivity contribution is 0.413. The van der Waals surface area contributed by atoms with Gasteiger partial charge in [-0.2, -0.15) is 5.10 Å². The van der Waals surface area contributed by atoms with Crippen LogP contribution in [0.2, 0.25) is 0 Å². The van der Waals surface area contributed by atoms with E-state index in [-0.39, 0.29) is 17.9 Å². The summed E-state index contributed by atoms with van der Waals surface area (Å²) < 4.78 is 36.3. The van der Waals surface area contributed by atoms with Crippen molar-refractivity contribution in [2.45, 2.75) is 51.0 Å². The van der Waals surface area contributed by atoms with Gasteiger partial charge in [-0.25, -0.2) is 18.7 Å². The van der Waals surface area contributed by atoms with Crippen molar-refractivity contribution in [3.05, 3.63) is 52.3 Å². The Balaban J connectivity index is 1.55. The molecule has 2 fully saturated rings. The normalized spacial score (nSPS) is 16.1. The molecule has 5 rings (SSSR count). The Morgan fingerprint density at radius 1 is 1.13 bits per heavy atom. The fourth-order valence-corrected chi connectivity index (χ4v) is 4.00. The van der Waals surface area contributed by atoms with Crippen LogP contribution in [0.25, 0.3) is 11.5 Å². The first-order chi connectivity index (χ1) is 14.5.